The SMILES string of the molecule is O=C(NN1CCCCC1)c1cccc(Oc2ccccc2)c1. The predicted octanol–water partition coefficient (Wildman–Crippen LogP) is 3.61. The van der Waals surface area contributed by atoms with Crippen LogP contribution in [0.25, 0.3) is 0 Å². The van der Waals surface area contributed by atoms with Crippen LogP contribution in [0.4, 0.5) is 0 Å². The minimum Gasteiger partial charge on any atom is -0.457 e. The van der Waals surface area contributed by atoms with Crippen LogP contribution in [-0.4, -0.2) is 24.0 Å². The van der Waals surface area contributed by atoms with Crippen molar-refractivity contribution in [3.63, 3.8) is 0 Å². The van der Waals surface area contributed by atoms with Crippen molar-refractivity contribution in [1.82, 2.24) is 10.4 Å². The lowest BCUT2D eigenvalue weighted by Gasteiger charge is -2.26. The number of carbonyl (C=O) groups excluding carboxylic acids is 1. The number of benzene rings is 2. The minimum atomic E-state index is -0.0830. The molecule has 1 saturated heterocycles. The Labute approximate surface area is 130 Å². The largest absolute Gasteiger partial charge is 0.457 e. The van der Waals surface area contributed by atoms with E-state index in [1.165, 1.54) is 6.42 Å². The molecule has 22 heavy (non-hydrogen) atoms. The van der Waals surface area contributed by atoms with Gasteiger partial charge in [-0.15, -0.1) is 0 Å². The molecule has 3 rings (SSSR count). The lowest BCUT2D eigenvalue weighted by molar-refractivity contribution is 0.0750. The monoisotopic (exact) mass is 296 g/mol. The summed E-state index contributed by atoms with van der Waals surface area (Å²) in [6, 6.07) is 16.8. The van der Waals surface area contributed by atoms with Crippen LogP contribution >= 0.6 is 0 Å². The summed E-state index contributed by atoms with van der Waals surface area (Å²) in [7, 11) is 0. The van der Waals surface area contributed by atoms with Crippen molar-refractivity contribution in [2.45, 2.75) is 19.3 Å². The van der Waals surface area contributed by atoms with Crippen LogP contribution in [0.15, 0.2) is 54.6 Å². The van der Waals surface area contributed by atoms with Crippen molar-refractivity contribution in [1.29, 1.82) is 0 Å². The number of nitrogens with zero attached hydrogens (tertiary/aromatic N) is 1. The highest BCUT2D eigenvalue weighted by Crippen LogP contribution is 2.21. The molecule has 0 atom stereocenters. The topological polar surface area (TPSA) is 41.6 Å². The van der Waals surface area contributed by atoms with Gasteiger partial charge in [0.15, 0.2) is 0 Å². The fourth-order valence-corrected chi connectivity index (χ4v) is 2.54. The summed E-state index contributed by atoms with van der Waals surface area (Å²) in [4.78, 5) is 12.3. The minimum absolute atomic E-state index is 0.0830. The molecule has 0 aliphatic carbocycles. The molecule has 0 spiro atoms. The first-order valence-electron chi connectivity index (χ1n) is 7.70. The molecular formula is C18H20N2O2. The fourth-order valence-electron chi connectivity index (χ4n) is 2.54. The van der Waals surface area contributed by atoms with Gasteiger partial charge in [-0.3, -0.25) is 10.2 Å². The summed E-state index contributed by atoms with van der Waals surface area (Å²) in [5.74, 6) is 1.34. The summed E-state index contributed by atoms with van der Waals surface area (Å²) in [5.41, 5.74) is 3.58. The maximum atomic E-state index is 12.3. The lowest BCUT2D eigenvalue weighted by atomic mass is 10.1. The van der Waals surface area contributed by atoms with Gasteiger partial charge in [-0.05, 0) is 43.2 Å². The number of nitrogens with one attached hydrogen (secondary N) is 1. The molecule has 0 aromatic heterocycles. The van der Waals surface area contributed by atoms with Crippen molar-refractivity contribution in [2.75, 3.05) is 13.1 Å². The first-order chi connectivity index (χ1) is 10.8. The lowest BCUT2D eigenvalue weighted by Crippen LogP contribution is -2.45. The molecule has 2 aromatic carbocycles. The number of carbonyl (C=O) groups is 1. The summed E-state index contributed by atoms with van der Waals surface area (Å²) < 4.78 is 5.77. The van der Waals surface area contributed by atoms with Crippen LogP contribution in [-0.2, 0) is 0 Å². The Hall–Kier alpha value is -2.33. The zero-order valence-electron chi connectivity index (χ0n) is 12.5. The third kappa shape index (κ3) is 3.86. The highest BCUT2D eigenvalue weighted by molar-refractivity contribution is 5.94. The number of amides is 1. The highest BCUT2D eigenvalue weighted by Gasteiger charge is 2.14. The standard InChI is InChI=1S/C18H20N2O2/c21-18(19-20-12-5-2-6-13-20)15-8-7-11-17(14-15)22-16-9-3-1-4-10-16/h1,3-4,7-11,14H,2,5-6,12-13H2,(H,19,21). The third-order valence-electron chi connectivity index (χ3n) is 3.69. The molecule has 1 aliphatic rings. The van der Waals surface area contributed by atoms with E-state index in [-0.39, 0.29) is 5.91 Å². The molecule has 1 N–H and O–H groups in total. The quantitative estimate of drug-likeness (QED) is 0.937. The number of ether oxygens (including phenoxy) is 1. The van der Waals surface area contributed by atoms with Crippen molar-refractivity contribution in [3.05, 3.63) is 60.2 Å². The maximum Gasteiger partial charge on any atom is 0.265 e. The number of rotatable bonds is 4. The zero-order valence-corrected chi connectivity index (χ0v) is 12.5. The normalized spacial score (nSPS) is 15.3. The van der Waals surface area contributed by atoms with Crippen LogP contribution in [0.1, 0.15) is 29.6 Å². The molecule has 1 fully saturated rings. The van der Waals surface area contributed by atoms with Gasteiger partial charge < -0.3 is 4.74 Å². The number of para-hydroxylation sites is 1. The van der Waals surface area contributed by atoms with Crippen LogP contribution in [0.3, 0.4) is 0 Å². The second-order valence-corrected chi connectivity index (χ2v) is 5.43. The van der Waals surface area contributed by atoms with Crippen molar-refractivity contribution in [2.24, 2.45) is 0 Å². The molecule has 4 nitrogen and oxygen atoms in total. The molecule has 1 aliphatic heterocycles. The first kappa shape index (κ1) is 14.6. The molecule has 0 bridgehead atoms. The van der Waals surface area contributed by atoms with E-state index < -0.39 is 0 Å². The van der Waals surface area contributed by atoms with Gasteiger partial charge in [-0.1, -0.05) is 30.7 Å². The van der Waals surface area contributed by atoms with Crippen LogP contribution in [0, 0.1) is 0 Å². The summed E-state index contributed by atoms with van der Waals surface area (Å²) in [6.07, 6.45) is 3.52. The van der Waals surface area contributed by atoms with Gasteiger partial charge in [0.2, 0.25) is 0 Å². The van der Waals surface area contributed by atoms with Gasteiger partial charge in [-0.25, -0.2) is 5.01 Å². The molecule has 0 unspecified atom stereocenters. The average molecular weight is 296 g/mol. The van der Waals surface area contributed by atoms with Gasteiger partial charge in [0.05, 0.1) is 0 Å². The van der Waals surface area contributed by atoms with Crippen LogP contribution < -0.4 is 10.2 Å². The Kier molecular flexibility index (Phi) is 4.71. The second-order valence-electron chi connectivity index (χ2n) is 5.43. The Morgan fingerprint density at radius 1 is 0.909 bits per heavy atom. The molecule has 1 amide bonds. The van der Waals surface area contributed by atoms with E-state index in [9.17, 15) is 4.79 Å². The second kappa shape index (κ2) is 7.09. The van der Waals surface area contributed by atoms with E-state index in [0.29, 0.717) is 11.3 Å². The fraction of sp³-hybridized carbons (Fsp3) is 0.278. The smallest absolute Gasteiger partial charge is 0.265 e. The third-order valence-corrected chi connectivity index (χ3v) is 3.69. The summed E-state index contributed by atoms with van der Waals surface area (Å²) >= 11 is 0. The van der Waals surface area contributed by atoms with Crippen LogP contribution in [0.2, 0.25) is 0 Å². The Morgan fingerprint density at radius 2 is 1.64 bits per heavy atom. The summed E-state index contributed by atoms with van der Waals surface area (Å²) in [5, 5.41) is 2.00. The number of hydrazine groups is 1. The summed E-state index contributed by atoms with van der Waals surface area (Å²) in [6.45, 7) is 1.85. The van der Waals surface area contributed by atoms with Gasteiger partial charge in [0.1, 0.15) is 11.5 Å². The highest BCUT2D eigenvalue weighted by atomic mass is 16.5. The van der Waals surface area contributed by atoms with Crippen molar-refractivity contribution in [3.8, 4) is 11.5 Å². The Bertz CT molecular complexity index is 622. The first-order valence-corrected chi connectivity index (χ1v) is 7.70. The van der Waals surface area contributed by atoms with Crippen molar-refractivity contribution >= 4 is 5.91 Å². The van der Waals surface area contributed by atoms with E-state index >= 15 is 0 Å². The molecule has 0 radical (unpaired) electrons. The Balaban J connectivity index is 1.66. The van der Waals surface area contributed by atoms with E-state index in [2.05, 4.69) is 5.43 Å². The molecule has 114 valence electrons. The van der Waals surface area contributed by atoms with Crippen molar-refractivity contribution < 1.29 is 9.53 Å². The number of hydrogen-bond acceptors (Lipinski definition) is 3. The number of piperidine rings is 1. The molecule has 2 aromatic rings. The molecule has 1 heterocycles. The Morgan fingerprint density at radius 3 is 2.41 bits per heavy atom. The number of hydrogen-bond donors (Lipinski definition) is 1. The van der Waals surface area contributed by atoms with Gasteiger partial charge >= 0.3 is 0 Å². The van der Waals surface area contributed by atoms with Gasteiger partial charge in [-0.2, -0.15) is 0 Å². The zero-order chi connectivity index (χ0) is 15.2. The predicted molar refractivity (Wildman–Crippen MR) is 85.8 cm³/mol. The molecule has 0 saturated carbocycles. The van der Waals surface area contributed by atoms with E-state index in [1.807, 2.05) is 47.5 Å². The van der Waals surface area contributed by atoms with Crippen LogP contribution in [0.5, 0.6) is 11.5 Å². The molecule has 4 heteroatoms. The van der Waals surface area contributed by atoms with E-state index in [4.69, 9.17) is 4.74 Å². The van der Waals surface area contributed by atoms with E-state index in [1.54, 1.807) is 12.1 Å². The van der Waals surface area contributed by atoms with E-state index in [0.717, 1.165) is 31.7 Å². The average Bonchev–Trinajstić information content (AvgIpc) is 2.57. The maximum absolute atomic E-state index is 12.3. The molecular weight excluding hydrogens is 276 g/mol. The van der Waals surface area contributed by atoms with Gasteiger partial charge in [0, 0.05) is 18.7 Å². The van der Waals surface area contributed by atoms with Gasteiger partial charge in [0.25, 0.3) is 5.91 Å².